The molecule has 1 saturated heterocycles. The highest BCUT2D eigenvalue weighted by molar-refractivity contribution is 8.15. The molecule has 6 heteroatoms. The van der Waals surface area contributed by atoms with Gasteiger partial charge in [0.25, 0.3) is 0 Å². The van der Waals surface area contributed by atoms with Gasteiger partial charge in [-0.2, -0.15) is 6.92 Å². The Bertz CT molecular complexity index is 288. The molecule has 0 aliphatic carbocycles. The summed E-state index contributed by atoms with van der Waals surface area (Å²) in [6.07, 6.45) is 0. The smallest absolute Gasteiger partial charge is 0.0409 e. The Morgan fingerprint density at radius 3 is 1.40 bits per heavy atom. The van der Waals surface area contributed by atoms with E-state index in [1.165, 1.54) is 0 Å². The zero-order chi connectivity index (χ0) is 7.99. The lowest BCUT2D eigenvalue weighted by molar-refractivity contribution is 0.599. The molecule has 60 valence electrons. The Hall–Kier alpha value is -0.100. The Balaban J connectivity index is 3.25. The third-order valence-electron chi connectivity index (χ3n) is 1.50. The minimum Gasteiger partial charge on any atom is -0.261 e. The van der Waals surface area contributed by atoms with E-state index in [9.17, 15) is 16.8 Å². The lowest BCUT2D eigenvalue weighted by Gasteiger charge is -2.12. The average Bonchev–Trinajstić information content (AvgIpc) is 1.95. The predicted molar refractivity (Wildman–Crippen MR) is 36.5 cm³/mol. The molecule has 0 amide bonds. The minimum absolute atomic E-state index is 0.249. The molecule has 4 nitrogen and oxygen atoms in total. The van der Waals surface area contributed by atoms with E-state index in [4.69, 9.17) is 0 Å². The molecule has 1 aliphatic rings. The Kier molecular flexibility index (Phi) is 1.56. The quantitative estimate of drug-likeness (QED) is 0.467. The van der Waals surface area contributed by atoms with Crippen LogP contribution in [0.5, 0.6) is 0 Å². The Morgan fingerprint density at radius 2 is 1.30 bits per heavy atom. The highest BCUT2D eigenvalue weighted by Gasteiger charge is 2.28. The van der Waals surface area contributed by atoms with Gasteiger partial charge in [-0.05, 0) is 0 Å². The number of sulfone groups is 2. The summed E-state index contributed by atoms with van der Waals surface area (Å²) in [6.45, 7) is 1.14. The molecule has 0 bridgehead atoms. The summed E-state index contributed by atoms with van der Waals surface area (Å²) in [5.74, 6) is -0.498. The van der Waals surface area contributed by atoms with E-state index >= 15 is 0 Å². The fraction of sp³-hybridized carbons (Fsp3) is 0.750. The molecule has 10 heavy (non-hydrogen) atoms. The first-order valence-corrected chi connectivity index (χ1v) is 5.96. The first-order valence-electron chi connectivity index (χ1n) is 2.65. The van der Waals surface area contributed by atoms with Crippen molar-refractivity contribution in [3.8, 4) is 0 Å². The van der Waals surface area contributed by atoms with Crippen molar-refractivity contribution in [2.75, 3.05) is 11.5 Å². The van der Waals surface area contributed by atoms with Crippen LogP contribution in [0.2, 0.25) is 0 Å². The van der Waals surface area contributed by atoms with E-state index in [1.54, 1.807) is 0 Å². The largest absolute Gasteiger partial charge is 0.261 e. The van der Waals surface area contributed by atoms with Gasteiger partial charge in [0, 0.05) is 31.2 Å². The van der Waals surface area contributed by atoms with Gasteiger partial charge in [0.1, 0.15) is 0 Å². The van der Waals surface area contributed by atoms with Crippen LogP contribution in [0.15, 0.2) is 0 Å². The fourth-order valence-electron chi connectivity index (χ4n) is 0.700. The van der Waals surface area contributed by atoms with Gasteiger partial charge in [-0.3, -0.25) is 16.8 Å². The molecule has 0 radical (unpaired) electrons. The Labute approximate surface area is 60.1 Å². The maximum atomic E-state index is 10.8. The SMILES string of the molecule is C[C-]1S(=O)(=O)CCS1(=O)=O. The van der Waals surface area contributed by atoms with Crippen molar-refractivity contribution in [3.05, 3.63) is 4.58 Å². The Morgan fingerprint density at radius 1 is 1.00 bits per heavy atom. The van der Waals surface area contributed by atoms with Gasteiger partial charge in [0.15, 0.2) is 0 Å². The topological polar surface area (TPSA) is 68.3 Å². The number of rotatable bonds is 0. The second-order valence-corrected chi connectivity index (χ2v) is 6.89. The first-order chi connectivity index (χ1) is 4.36. The molecule has 0 unspecified atom stereocenters. The van der Waals surface area contributed by atoms with Crippen LogP contribution in [-0.2, 0) is 19.7 Å². The van der Waals surface area contributed by atoms with Crippen molar-refractivity contribution in [3.63, 3.8) is 0 Å². The second kappa shape index (κ2) is 1.94. The van der Waals surface area contributed by atoms with Crippen molar-refractivity contribution in [2.24, 2.45) is 0 Å². The lowest BCUT2D eigenvalue weighted by Crippen LogP contribution is -2.08. The lowest BCUT2D eigenvalue weighted by atomic mass is 11.0. The van der Waals surface area contributed by atoms with E-state index < -0.39 is 19.7 Å². The van der Waals surface area contributed by atoms with Crippen LogP contribution >= 0.6 is 0 Å². The van der Waals surface area contributed by atoms with Crippen LogP contribution < -0.4 is 0 Å². The molecule has 0 aromatic rings. The van der Waals surface area contributed by atoms with Crippen molar-refractivity contribution < 1.29 is 16.8 Å². The van der Waals surface area contributed by atoms with Gasteiger partial charge in [-0.15, -0.1) is 0 Å². The fourth-order valence-corrected chi connectivity index (χ4v) is 5.08. The molecule has 1 heterocycles. The van der Waals surface area contributed by atoms with Crippen LogP contribution in [-0.4, -0.2) is 28.3 Å². The molecule has 1 aliphatic heterocycles. The zero-order valence-electron chi connectivity index (χ0n) is 5.36. The molecule has 0 saturated carbocycles. The summed E-state index contributed by atoms with van der Waals surface area (Å²) < 4.78 is 42.7. The molecule has 0 atom stereocenters. The summed E-state index contributed by atoms with van der Waals surface area (Å²) in [4.78, 5) is 0. The van der Waals surface area contributed by atoms with Crippen LogP contribution in [0, 0.1) is 4.58 Å². The van der Waals surface area contributed by atoms with Crippen LogP contribution in [0.25, 0.3) is 0 Å². The standard InChI is InChI=1S/C4H7O4S2/c1-4-9(5,6)2-3-10(4,7)8/h2-3H2,1H3/q-1. The predicted octanol–water partition coefficient (Wildman–Crippen LogP) is -0.661. The summed E-state index contributed by atoms with van der Waals surface area (Å²) in [5, 5.41) is 0. The molecular weight excluding hydrogens is 176 g/mol. The summed E-state index contributed by atoms with van der Waals surface area (Å²) in [7, 11) is -6.81. The molecule has 0 spiro atoms. The van der Waals surface area contributed by atoms with Crippen molar-refractivity contribution >= 4 is 19.7 Å². The normalized spacial score (nSPS) is 30.5. The van der Waals surface area contributed by atoms with Gasteiger partial charge >= 0.3 is 0 Å². The highest BCUT2D eigenvalue weighted by atomic mass is 32.3. The van der Waals surface area contributed by atoms with Crippen LogP contribution in [0.3, 0.4) is 0 Å². The summed E-state index contributed by atoms with van der Waals surface area (Å²) in [6, 6.07) is 0. The number of hydrogen-bond acceptors (Lipinski definition) is 4. The van der Waals surface area contributed by atoms with Gasteiger partial charge in [-0.25, -0.2) is 0 Å². The third kappa shape index (κ3) is 1.05. The summed E-state index contributed by atoms with van der Waals surface area (Å²) >= 11 is 0. The monoisotopic (exact) mass is 183 g/mol. The van der Waals surface area contributed by atoms with Gasteiger partial charge in [0.2, 0.25) is 0 Å². The van der Waals surface area contributed by atoms with E-state index in [1.807, 2.05) is 0 Å². The molecule has 0 N–H and O–H groups in total. The molecule has 1 fully saturated rings. The summed E-state index contributed by atoms with van der Waals surface area (Å²) in [5.41, 5.74) is 0. The van der Waals surface area contributed by atoms with E-state index in [-0.39, 0.29) is 16.1 Å². The molecule has 1 rings (SSSR count). The first kappa shape index (κ1) is 8.00. The van der Waals surface area contributed by atoms with Crippen LogP contribution in [0.1, 0.15) is 6.92 Å². The average molecular weight is 183 g/mol. The zero-order valence-corrected chi connectivity index (χ0v) is 7.00. The molecule has 0 aromatic carbocycles. The third-order valence-corrected chi connectivity index (χ3v) is 6.51. The maximum Gasteiger partial charge on any atom is 0.0409 e. The highest BCUT2D eigenvalue weighted by Crippen LogP contribution is 2.26. The van der Waals surface area contributed by atoms with E-state index in [0.29, 0.717) is 0 Å². The maximum absolute atomic E-state index is 10.8. The molecule has 0 aromatic heterocycles. The van der Waals surface area contributed by atoms with Crippen molar-refractivity contribution in [2.45, 2.75) is 6.92 Å². The molecular formula is C4H7O4S2-. The van der Waals surface area contributed by atoms with Gasteiger partial charge < -0.3 is 0 Å². The number of hydrogen-bond donors (Lipinski definition) is 0. The van der Waals surface area contributed by atoms with Gasteiger partial charge in [0.05, 0.1) is 0 Å². The second-order valence-electron chi connectivity index (χ2n) is 2.13. The van der Waals surface area contributed by atoms with E-state index in [0.717, 1.165) is 6.92 Å². The van der Waals surface area contributed by atoms with E-state index in [2.05, 4.69) is 0 Å². The van der Waals surface area contributed by atoms with Gasteiger partial charge in [-0.1, -0.05) is 4.58 Å². The van der Waals surface area contributed by atoms with Crippen LogP contribution in [0.4, 0.5) is 0 Å². The van der Waals surface area contributed by atoms with Crippen molar-refractivity contribution in [1.82, 2.24) is 0 Å². The minimum atomic E-state index is -3.40. The van der Waals surface area contributed by atoms with Crippen molar-refractivity contribution in [1.29, 1.82) is 0 Å².